The van der Waals surface area contributed by atoms with Gasteiger partial charge in [-0.1, -0.05) is 29.3 Å². The normalized spacial score (nSPS) is 23.5. The maximum Gasteiger partial charge on any atom is 0.328 e. The number of hydrogen-bond donors (Lipinski definition) is 1. The van der Waals surface area contributed by atoms with Crippen LogP contribution in [0.1, 0.15) is 18.9 Å². The Bertz CT molecular complexity index is 934. The summed E-state index contributed by atoms with van der Waals surface area (Å²) < 4.78 is 0. The molecule has 10 heteroatoms. The van der Waals surface area contributed by atoms with E-state index >= 15 is 0 Å². The third-order valence-electron chi connectivity index (χ3n) is 5.39. The summed E-state index contributed by atoms with van der Waals surface area (Å²) in [5, 5.41) is 10.0. The molecule has 29 heavy (non-hydrogen) atoms. The maximum absolute atomic E-state index is 13.3. The lowest BCUT2D eigenvalue weighted by Crippen LogP contribution is -2.63. The fourth-order valence-corrected chi connectivity index (χ4v) is 4.34. The Hall–Kier alpha value is -2.29. The minimum Gasteiger partial charge on any atom is -0.396 e. The molecule has 4 rings (SSSR count). The Morgan fingerprint density at radius 1 is 1.21 bits per heavy atom. The molecular formula is C19H21Cl2N5O3. The monoisotopic (exact) mass is 437 g/mol. The number of aliphatic hydroxyl groups is 1. The van der Waals surface area contributed by atoms with Crippen molar-refractivity contribution in [2.24, 2.45) is 4.99 Å². The molecule has 0 saturated carbocycles. The van der Waals surface area contributed by atoms with Crippen LogP contribution >= 0.6 is 23.2 Å². The average Bonchev–Trinajstić information content (AvgIpc) is 3.18. The molecule has 1 N–H and O–H groups in total. The van der Waals surface area contributed by atoms with Gasteiger partial charge in [-0.3, -0.25) is 9.69 Å². The van der Waals surface area contributed by atoms with Gasteiger partial charge in [-0.25, -0.2) is 9.79 Å². The largest absolute Gasteiger partial charge is 0.396 e. The summed E-state index contributed by atoms with van der Waals surface area (Å²) in [5.74, 6) is 0.307. The predicted molar refractivity (Wildman–Crippen MR) is 109 cm³/mol. The number of likely N-dealkylation sites (N-methyl/N-ethyl adjacent to an activating group) is 1. The second kappa shape index (κ2) is 7.51. The molecular weight excluding hydrogens is 417 g/mol. The van der Waals surface area contributed by atoms with Crippen LogP contribution in [0, 0.1) is 0 Å². The number of nitrogens with zero attached hydrogens (tertiary/aromatic N) is 5. The van der Waals surface area contributed by atoms with Gasteiger partial charge in [0.2, 0.25) is 5.96 Å². The molecule has 0 radical (unpaired) electrons. The molecule has 0 spiro atoms. The Balaban J connectivity index is 1.62. The molecule has 2 atom stereocenters. The number of imide groups is 1. The average molecular weight is 438 g/mol. The van der Waals surface area contributed by atoms with E-state index in [0.717, 1.165) is 5.70 Å². The minimum atomic E-state index is -0.632. The summed E-state index contributed by atoms with van der Waals surface area (Å²) in [6, 6.07) is 3.93. The second-order valence-electron chi connectivity index (χ2n) is 7.25. The van der Waals surface area contributed by atoms with Gasteiger partial charge in [0.25, 0.3) is 5.91 Å². The predicted octanol–water partition coefficient (Wildman–Crippen LogP) is 2.31. The number of fused-ring (bicyclic) bond motifs is 3. The molecule has 1 fully saturated rings. The van der Waals surface area contributed by atoms with Crippen LogP contribution in [0.3, 0.4) is 0 Å². The molecule has 3 aliphatic heterocycles. The van der Waals surface area contributed by atoms with E-state index in [1.165, 1.54) is 9.80 Å². The van der Waals surface area contributed by atoms with E-state index in [9.17, 15) is 9.59 Å². The Morgan fingerprint density at radius 3 is 2.66 bits per heavy atom. The molecule has 0 aromatic heterocycles. The van der Waals surface area contributed by atoms with Crippen LogP contribution in [0.15, 0.2) is 35.1 Å². The number of rotatable bonds is 5. The van der Waals surface area contributed by atoms with Crippen molar-refractivity contribution < 1.29 is 14.7 Å². The smallest absolute Gasteiger partial charge is 0.328 e. The first-order chi connectivity index (χ1) is 13.8. The molecule has 154 valence electrons. The molecule has 2 unspecified atom stereocenters. The van der Waals surface area contributed by atoms with Gasteiger partial charge in [0, 0.05) is 42.1 Å². The number of guanidine groups is 1. The highest BCUT2D eigenvalue weighted by molar-refractivity contribution is 6.35. The number of aliphatic hydroxyl groups excluding tert-OH is 1. The van der Waals surface area contributed by atoms with Gasteiger partial charge in [-0.15, -0.1) is 0 Å². The first-order valence-corrected chi connectivity index (χ1v) is 10.0. The molecule has 1 aromatic carbocycles. The van der Waals surface area contributed by atoms with E-state index in [-0.39, 0.29) is 19.1 Å². The number of carbonyl (C=O) groups excluding carboxylic acids is 2. The Labute approximate surface area is 178 Å². The van der Waals surface area contributed by atoms with Gasteiger partial charge >= 0.3 is 6.03 Å². The second-order valence-corrected chi connectivity index (χ2v) is 8.09. The van der Waals surface area contributed by atoms with Gasteiger partial charge in [-0.2, -0.15) is 0 Å². The van der Waals surface area contributed by atoms with E-state index in [0.29, 0.717) is 34.5 Å². The Kier molecular flexibility index (Phi) is 5.18. The maximum atomic E-state index is 13.3. The van der Waals surface area contributed by atoms with Gasteiger partial charge in [0.1, 0.15) is 0 Å². The van der Waals surface area contributed by atoms with Gasteiger partial charge in [0.15, 0.2) is 12.2 Å². The van der Waals surface area contributed by atoms with Crippen molar-refractivity contribution in [3.8, 4) is 0 Å². The summed E-state index contributed by atoms with van der Waals surface area (Å²) in [5.41, 5.74) is 1.58. The van der Waals surface area contributed by atoms with Gasteiger partial charge < -0.3 is 19.8 Å². The summed E-state index contributed by atoms with van der Waals surface area (Å²) >= 11 is 12.2. The highest BCUT2D eigenvalue weighted by Gasteiger charge is 2.54. The first-order valence-electron chi connectivity index (χ1n) is 9.28. The van der Waals surface area contributed by atoms with Crippen LogP contribution in [-0.2, 0) is 11.3 Å². The number of benzene rings is 1. The molecule has 3 heterocycles. The van der Waals surface area contributed by atoms with Crippen LogP contribution in [-0.4, -0.2) is 75.0 Å². The van der Waals surface area contributed by atoms with Crippen LogP contribution in [0.4, 0.5) is 4.79 Å². The van der Waals surface area contributed by atoms with E-state index in [1.807, 2.05) is 22.9 Å². The fraction of sp³-hybridized carbons (Fsp3) is 0.421. The topological polar surface area (TPSA) is 79.7 Å². The van der Waals surface area contributed by atoms with Crippen LogP contribution in [0.5, 0.6) is 0 Å². The number of amides is 3. The number of aliphatic imine (C=N–C) groups is 1. The van der Waals surface area contributed by atoms with Crippen molar-refractivity contribution in [1.29, 1.82) is 0 Å². The van der Waals surface area contributed by atoms with E-state index in [1.54, 1.807) is 25.2 Å². The fourth-order valence-electron chi connectivity index (χ4n) is 3.87. The van der Waals surface area contributed by atoms with Crippen LogP contribution in [0.2, 0.25) is 10.0 Å². The van der Waals surface area contributed by atoms with Crippen molar-refractivity contribution >= 4 is 41.1 Å². The highest BCUT2D eigenvalue weighted by Crippen LogP contribution is 2.35. The lowest BCUT2D eigenvalue weighted by atomic mass is 10.1. The van der Waals surface area contributed by atoms with Crippen LogP contribution in [0.25, 0.3) is 0 Å². The number of carbonyl (C=O) groups is 2. The first kappa shape index (κ1) is 20.0. The molecule has 3 aliphatic rings. The van der Waals surface area contributed by atoms with E-state index < -0.39 is 18.2 Å². The lowest BCUT2D eigenvalue weighted by molar-refractivity contribution is -0.137. The SMILES string of the molecule is CC1=CN2C(=NC3C2C(=O)N(Cc2ccc(Cl)cc2Cl)C(=O)N3C)N1CCCO. The van der Waals surface area contributed by atoms with Crippen molar-refractivity contribution in [2.75, 3.05) is 20.2 Å². The van der Waals surface area contributed by atoms with Crippen molar-refractivity contribution in [3.05, 3.63) is 45.7 Å². The number of allylic oxidation sites excluding steroid dienone is 1. The van der Waals surface area contributed by atoms with Gasteiger partial charge in [0.05, 0.1) is 6.54 Å². The van der Waals surface area contributed by atoms with Crippen molar-refractivity contribution in [2.45, 2.75) is 32.1 Å². The third-order valence-corrected chi connectivity index (χ3v) is 5.97. The summed E-state index contributed by atoms with van der Waals surface area (Å²) in [4.78, 5) is 37.4. The van der Waals surface area contributed by atoms with E-state index in [4.69, 9.17) is 28.3 Å². The van der Waals surface area contributed by atoms with Gasteiger partial charge in [-0.05, 0) is 31.0 Å². The third kappa shape index (κ3) is 3.25. The summed E-state index contributed by atoms with van der Waals surface area (Å²) in [6.07, 6.45) is 1.86. The zero-order chi connectivity index (χ0) is 20.9. The number of urea groups is 1. The molecule has 0 bridgehead atoms. The molecule has 3 amide bonds. The van der Waals surface area contributed by atoms with Crippen LogP contribution < -0.4 is 0 Å². The molecule has 0 aliphatic carbocycles. The molecule has 1 saturated heterocycles. The summed E-state index contributed by atoms with van der Waals surface area (Å²) in [7, 11) is 1.64. The number of halogens is 2. The Morgan fingerprint density at radius 2 is 1.97 bits per heavy atom. The summed E-state index contributed by atoms with van der Waals surface area (Å²) in [6.45, 7) is 2.64. The lowest BCUT2D eigenvalue weighted by Gasteiger charge is -2.40. The minimum absolute atomic E-state index is 0.0569. The zero-order valence-corrected chi connectivity index (χ0v) is 17.6. The number of hydrogen-bond acceptors (Lipinski definition) is 6. The quantitative estimate of drug-likeness (QED) is 0.764. The van der Waals surface area contributed by atoms with Crippen molar-refractivity contribution in [3.63, 3.8) is 0 Å². The van der Waals surface area contributed by atoms with Crippen molar-refractivity contribution in [1.82, 2.24) is 19.6 Å². The highest BCUT2D eigenvalue weighted by atomic mass is 35.5. The molecule has 8 nitrogen and oxygen atoms in total. The standard InChI is InChI=1S/C19H21Cl2N5O3/c1-11-9-25-15-16(22-18(25)24(11)6-3-7-27)23(2)19(29)26(17(15)28)10-12-4-5-13(20)8-14(12)21/h4-5,8-9,15-16,27H,3,6-7,10H2,1-2H3. The van der Waals surface area contributed by atoms with E-state index in [2.05, 4.69) is 4.99 Å². The zero-order valence-electron chi connectivity index (χ0n) is 16.0. The molecule has 1 aromatic rings.